The second kappa shape index (κ2) is 6.31. The Kier molecular flexibility index (Phi) is 3.99. The van der Waals surface area contributed by atoms with Gasteiger partial charge in [-0.1, -0.05) is 24.2 Å². The first-order chi connectivity index (χ1) is 12.1. The maximum atomic E-state index is 13.0. The van der Waals surface area contributed by atoms with Gasteiger partial charge in [0.05, 0.1) is 29.6 Å². The van der Waals surface area contributed by atoms with E-state index in [-0.39, 0.29) is 17.6 Å². The number of rotatable bonds is 5. The number of carbonyl (C=O) groups is 1. The number of H-pyrrole nitrogens is 1. The molecule has 25 heavy (non-hydrogen) atoms. The summed E-state index contributed by atoms with van der Waals surface area (Å²) >= 11 is 0. The summed E-state index contributed by atoms with van der Waals surface area (Å²) in [6.07, 6.45) is 1.69. The van der Waals surface area contributed by atoms with Gasteiger partial charge in [-0.2, -0.15) is 5.10 Å². The molecule has 130 valence electrons. The van der Waals surface area contributed by atoms with Crippen LogP contribution in [0, 0.1) is 11.7 Å². The van der Waals surface area contributed by atoms with E-state index in [1.54, 1.807) is 12.1 Å². The van der Waals surface area contributed by atoms with Gasteiger partial charge in [-0.15, -0.1) is 0 Å². The monoisotopic (exact) mass is 342 g/mol. The minimum Gasteiger partial charge on any atom is -0.381 e. The van der Waals surface area contributed by atoms with E-state index < -0.39 is 6.10 Å². The molecule has 2 unspecified atom stereocenters. The van der Waals surface area contributed by atoms with Crippen LogP contribution in [0.5, 0.6) is 0 Å². The molecule has 2 heterocycles. The Morgan fingerprint density at radius 2 is 2.12 bits per heavy atom. The van der Waals surface area contributed by atoms with E-state index in [0.717, 1.165) is 17.0 Å². The number of oxime groups is 1. The second-order valence-electron chi connectivity index (χ2n) is 6.61. The van der Waals surface area contributed by atoms with Gasteiger partial charge in [0.2, 0.25) is 6.10 Å². The molecule has 0 spiro atoms. The van der Waals surface area contributed by atoms with Crippen molar-refractivity contribution in [3.63, 3.8) is 0 Å². The molecule has 2 aliphatic rings. The summed E-state index contributed by atoms with van der Waals surface area (Å²) in [6.45, 7) is 2.25. The van der Waals surface area contributed by atoms with Gasteiger partial charge in [0.15, 0.2) is 0 Å². The molecule has 0 saturated heterocycles. The molecule has 0 bridgehead atoms. The van der Waals surface area contributed by atoms with Crippen molar-refractivity contribution in [3.05, 3.63) is 53.1 Å². The fourth-order valence-electron chi connectivity index (χ4n) is 2.98. The molecule has 6 nitrogen and oxygen atoms in total. The molecule has 1 aliphatic heterocycles. The van der Waals surface area contributed by atoms with Gasteiger partial charge in [-0.25, -0.2) is 4.39 Å². The van der Waals surface area contributed by atoms with E-state index in [1.165, 1.54) is 25.0 Å². The van der Waals surface area contributed by atoms with E-state index in [4.69, 9.17) is 4.84 Å². The van der Waals surface area contributed by atoms with Gasteiger partial charge in [0.25, 0.3) is 5.91 Å². The Labute approximate surface area is 144 Å². The van der Waals surface area contributed by atoms with Crippen LogP contribution in [0.3, 0.4) is 0 Å². The van der Waals surface area contributed by atoms with Crippen LogP contribution in [0.1, 0.15) is 42.6 Å². The van der Waals surface area contributed by atoms with E-state index >= 15 is 0 Å². The highest BCUT2D eigenvalue weighted by molar-refractivity contribution is 6.05. The number of hydrogen-bond acceptors (Lipinski definition) is 4. The lowest BCUT2D eigenvalue weighted by Crippen LogP contribution is -2.39. The molecule has 4 rings (SSSR count). The molecule has 1 fully saturated rings. The Balaban J connectivity index is 1.35. The quantitative estimate of drug-likeness (QED) is 0.876. The van der Waals surface area contributed by atoms with Crippen molar-refractivity contribution < 1.29 is 14.0 Å². The van der Waals surface area contributed by atoms with Crippen molar-refractivity contribution in [2.45, 2.75) is 38.3 Å². The predicted octanol–water partition coefficient (Wildman–Crippen LogP) is 2.48. The number of aromatic nitrogens is 2. The average molecular weight is 342 g/mol. The minimum atomic E-state index is -0.689. The van der Waals surface area contributed by atoms with Crippen molar-refractivity contribution in [2.75, 3.05) is 0 Å². The maximum Gasteiger partial charge on any atom is 0.264 e. The van der Waals surface area contributed by atoms with Gasteiger partial charge in [0, 0.05) is 5.92 Å². The molecule has 1 saturated carbocycles. The van der Waals surface area contributed by atoms with E-state index in [9.17, 15) is 9.18 Å². The van der Waals surface area contributed by atoms with Crippen LogP contribution in [0.25, 0.3) is 0 Å². The molecular formula is C18H19FN4O2. The zero-order valence-electron chi connectivity index (χ0n) is 13.8. The van der Waals surface area contributed by atoms with E-state index in [0.29, 0.717) is 18.2 Å². The third-order valence-electron chi connectivity index (χ3n) is 4.65. The van der Waals surface area contributed by atoms with Crippen LogP contribution in [0.15, 0.2) is 35.5 Å². The zero-order chi connectivity index (χ0) is 17.4. The molecule has 7 heteroatoms. The van der Waals surface area contributed by atoms with E-state index in [2.05, 4.69) is 20.7 Å². The van der Waals surface area contributed by atoms with Crippen molar-refractivity contribution in [1.29, 1.82) is 0 Å². The number of aromatic amines is 1. The van der Waals surface area contributed by atoms with Crippen LogP contribution in [0.2, 0.25) is 0 Å². The Morgan fingerprint density at radius 1 is 1.36 bits per heavy atom. The van der Waals surface area contributed by atoms with Crippen LogP contribution >= 0.6 is 0 Å². The molecule has 1 aromatic heterocycles. The van der Waals surface area contributed by atoms with E-state index in [1.807, 2.05) is 13.0 Å². The van der Waals surface area contributed by atoms with Gasteiger partial charge in [-0.3, -0.25) is 9.89 Å². The summed E-state index contributed by atoms with van der Waals surface area (Å²) in [5, 5.41) is 14.1. The molecule has 1 aliphatic carbocycles. The fourth-order valence-corrected chi connectivity index (χ4v) is 2.98. The molecule has 2 N–H and O–H groups in total. The van der Waals surface area contributed by atoms with Gasteiger partial charge < -0.3 is 10.2 Å². The highest BCUT2D eigenvalue weighted by atomic mass is 19.1. The number of nitrogens with one attached hydrogen (secondary N) is 2. The summed E-state index contributed by atoms with van der Waals surface area (Å²) in [4.78, 5) is 17.7. The van der Waals surface area contributed by atoms with Crippen molar-refractivity contribution in [3.8, 4) is 0 Å². The molecule has 1 amide bonds. The number of amides is 1. The molecule has 2 aromatic rings. The Hall–Kier alpha value is -2.70. The van der Waals surface area contributed by atoms with Crippen LogP contribution in [0.4, 0.5) is 4.39 Å². The van der Waals surface area contributed by atoms with Crippen LogP contribution in [-0.2, 0) is 16.2 Å². The summed E-state index contributed by atoms with van der Waals surface area (Å²) in [7, 11) is 0. The summed E-state index contributed by atoms with van der Waals surface area (Å²) in [5.41, 5.74) is 3.35. The first-order valence-electron chi connectivity index (χ1n) is 8.43. The van der Waals surface area contributed by atoms with Gasteiger partial charge in [0.1, 0.15) is 5.82 Å². The highest BCUT2D eigenvalue weighted by Gasteiger charge is 2.36. The first kappa shape index (κ1) is 15.8. The number of nitrogens with zero attached hydrogens (tertiary/aromatic N) is 2. The minimum absolute atomic E-state index is 0.214. The third-order valence-corrected chi connectivity index (χ3v) is 4.65. The Morgan fingerprint density at radius 3 is 2.84 bits per heavy atom. The first-order valence-corrected chi connectivity index (χ1v) is 8.43. The van der Waals surface area contributed by atoms with Crippen LogP contribution in [-0.4, -0.2) is 27.9 Å². The highest BCUT2D eigenvalue weighted by Crippen LogP contribution is 2.38. The summed E-state index contributed by atoms with van der Waals surface area (Å²) in [6, 6.07) is 8.01. The SMILES string of the molecule is CC1C(c2ccc(F)cc2)=NOC1C(=O)NCc1cc(C2CC2)n[nH]1. The summed E-state index contributed by atoms with van der Waals surface area (Å²) < 4.78 is 13.0. The zero-order valence-corrected chi connectivity index (χ0v) is 13.8. The fraction of sp³-hybridized carbons (Fsp3) is 0.389. The van der Waals surface area contributed by atoms with Crippen molar-refractivity contribution in [1.82, 2.24) is 15.5 Å². The number of carbonyl (C=O) groups excluding carboxylic acids is 1. The normalized spacial score (nSPS) is 22.4. The molecular weight excluding hydrogens is 323 g/mol. The third kappa shape index (κ3) is 3.26. The van der Waals surface area contributed by atoms with Crippen LogP contribution < -0.4 is 5.32 Å². The second-order valence-corrected chi connectivity index (χ2v) is 6.61. The maximum absolute atomic E-state index is 13.0. The molecule has 1 aromatic carbocycles. The van der Waals surface area contributed by atoms with Gasteiger partial charge >= 0.3 is 0 Å². The smallest absolute Gasteiger partial charge is 0.264 e. The lowest BCUT2D eigenvalue weighted by molar-refractivity contribution is -0.133. The van der Waals surface area contributed by atoms with Crippen molar-refractivity contribution >= 4 is 11.6 Å². The lowest BCUT2D eigenvalue weighted by Gasteiger charge is -2.14. The predicted molar refractivity (Wildman–Crippen MR) is 89.4 cm³/mol. The standard InChI is InChI=1S/C18H19FN4O2/c1-10-16(12-4-6-13(19)7-5-12)23-25-17(10)18(24)20-9-14-8-15(22-21-14)11-2-3-11/h4-8,10-11,17H,2-3,9H2,1H3,(H,20,24)(H,21,22). The number of hydrogen-bond donors (Lipinski definition) is 2. The summed E-state index contributed by atoms with van der Waals surface area (Å²) in [5.74, 6) is -0.175. The molecule has 2 atom stereocenters. The molecule has 0 radical (unpaired) electrons. The largest absolute Gasteiger partial charge is 0.381 e. The lowest BCUT2D eigenvalue weighted by atomic mass is 9.94. The number of benzene rings is 1. The average Bonchev–Trinajstić information content (AvgIpc) is 3.23. The Bertz CT molecular complexity index is 811. The van der Waals surface area contributed by atoms with Crippen molar-refractivity contribution in [2.24, 2.45) is 11.1 Å². The van der Waals surface area contributed by atoms with Gasteiger partial charge in [-0.05, 0) is 36.6 Å². The topological polar surface area (TPSA) is 79.4 Å². The number of halogens is 1.